The van der Waals surface area contributed by atoms with Gasteiger partial charge in [0.15, 0.2) is 11.7 Å². The fraction of sp³-hybridized carbons (Fsp3) is 0.304. The van der Waals surface area contributed by atoms with E-state index >= 15 is 0 Å². The molecule has 0 saturated carbocycles. The first-order valence-corrected chi connectivity index (χ1v) is 9.50. The molecule has 0 aliphatic rings. The Morgan fingerprint density at radius 1 is 1.04 bits per heavy atom. The average Bonchev–Trinajstić information content (AvgIpc) is 3.15. The lowest BCUT2D eigenvalue weighted by Gasteiger charge is -2.10. The van der Waals surface area contributed by atoms with Crippen molar-refractivity contribution >= 4 is 5.91 Å². The lowest BCUT2D eigenvalue weighted by molar-refractivity contribution is -0.121. The van der Waals surface area contributed by atoms with Crippen molar-refractivity contribution in [1.82, 2.24) is 15.2 Å². The van der Waals surface area contributed by atoms with E-state index in [0.29, 0.717) is 25.3 Å². The molecule has 0 fully saturated rings. The largest absolute Gasteiger partial charge is 0.441 e. The highest BCUT2D eigenvalue weighted by molar-refractivity contribution is 5.76. The van der Waals surface area contributed by atoms with Gasteiger partial charge in [-0.2, -0.15) is 0 Å². The van der Waals surface area contributed by atoms with Crippen LogP contribution in [-0.4, -0.2) is 29.9 Å². The summed E-state index contributed by atoms with van der Waals surface area (Å²) in [5.41, 5.74) is 4.54. The Labute approximate surface area is 166 Å². The second-order valence-corrected chi connectivity index (χ2v) is 7.32. The number of aryl methyl sites for hydroxylation is 2. The molecule has 0 aliphatic heterocycles. The molecule has 5 heteroatoms. The molecule has 5 nitrogen and oxygen atoms in total. The van der Waals surface area contributed by atoms with Gasteiger partial charge in [0, 0.05) is 31.5 Å². The number of hydrogen-bond donors (Lipinski definition) is 1. The predicted molar refractivity (Wildman–Crippen MR) is 111 cm³/mol. The quantitative estimate of drug-likeness (QED) is 0.645. The smallest absolute Gasteiger partial charge is 0.220 e. The lowest BCUT2D eigenvalue weighted by atomic mass is 10.1. The number of hydrogen-bond acceptors (Lipinski definition) is 4. The van der Waals surface area contributed by atoms with E-state index in [4.69, 9.17) is 4.42 Å². The molecule has 0 atom stereocenters. The summed E-state index contributed by atoms with van der Waals surface area (Å²) in [4.78, 5) is 18.5. The maximum Gasteiger partial charge on any atom is 0.220 e. The van der Waals surface area contributed by atoms with Gasteiger partial charge in [-0.1, -0.05) is 54.1 Å². The number of benzene rings is 2. The van der Waals surface area contributed by atoms with Crippen molar-refractivity contribution in [3.8, 4) is 11.3 Å². The summed E-state index contributed by atoms with van der Waals surface area (Å²) in [6.07, 6.45) is 2.55. The van der Waals surface area contributed by atoms with Gasteiger partial charge in [-0.25, -0.2) is 4.98 Å². The standard InChI is InChI=1S/C23H27N3O2/c1-17-4-10-20(11-5-17)21-15-25-23(28-21)13-12-22(27)24-14-18-6-8-19(9-7-18)16-26(2)3/h4-11,15H,12-14,16H2,1-3H3,(H,24,27). The number of oxazole rings is 1. The fourth-order valence-electron chi connectivity index (χ4n) is 2.91. The number of nitrogens with zero attached hydrogens (tertiary/aromatic N) is 2. The molecule has 146 valence electrons. The maximum atomic E-state index is 12.1. The van der Waals surface area contributed by atoms with Crippen LogP contribution < -0.4 is 5.32 Å². The van der Waals surface area contributed by atoms with Crippen LogP contribution in [0.4, 0.5) is 0 Å². The minimum absolute atomic E-state index is 0.00699. The monoisotopic (exact) mass is 377 g/mol. The van der Waals surface area contributed by atoms with Gasteiger partial charge in [0.05, 0.1) is 6.20 Å². The molecule has 3 rings (SSSR count). The third-order valence-electron chi connectivity index (χ3n) is 4.47. The van der Waals surface area contributed by atoms with Crippen LogP contribution in [0.3, 0.4) is 0 Å². The Morgan fingerprint density at radius 2 is 1.71 bits per heavy atom. The normalized spacial score (nSPS) is 11.0. The zero-order chi connectivity index (χ0) is 19.9. The molecular weight excluding hydrogens is 350 g/mol. The van der Waals surface area contributed by atoms with Gasteiger partial charge in [0.25, 0.3) is 0 Å². The first kappa shape index (κ1) is 19.8. The number of amides is 1. The van der Waals surface area contributed by atoms with Crippen molar-refractivity contribution in [2.24, 2.45) is 0 Å². The van der Waals surface area contributed by atoms with E-state index in [2.05, 4.69) is 39.5 Å². The third-order valence-corrected chi connectivity index (χ3v) is 4.47. The number of aromatic nitrogens is 1. The van der Waals surface area contributed by atoms with Crippen LogP contribution in [0.15, 0.2) is 59.1 Å². The van der Waals surface area contributed by atoms with Crippen LogP contribution in [-0.2, 0) is 24.3 Å². The Kier molecular flexibility index (Phi) is 6.61. The summed E-state index contributed by atoms with van der Waals surface area (Å²) in [6, 6.07) is 16.4. The van der Waals surface area contributed by atoms with E-state index in [-0.39, 0.29) is 5.91 Å². The molecule has 28 heavy (non-hydrogen) atoms. The molecule has 1 aromatic heterocycles. The van der Waals surface area contributed by atoms with E-state index in [1.165, 1.54) is 11.1 Å². The summed E-state index contributed by atoms with van der Waals surface area (Å²) in [5.74, 6) is 1.31. The van der Waals surface area contributed by atoms with Crippen LogP contribution in [0.2, 0.25) is 0 Å². The maximum absolute atomic E-state index is 12.1. The second-order valence-electron chi connectivity index (χ2n) is 7.32. The van der Waals surface area contributed by atoms with E-state index in [1.54, 1.807) is 6.20 Å². The molecule has 2 aromatic carbocycles. The molecule has 0 unspecified atom stereocenters. The molecule has 0 aliphatic carbocycles. The highest BCUT2D eigenvalue weighted by atomic mass is 16.4. The second kappa shape index (κ2) is 9.33. The Hall–Kier alpha value is -2.92. The van der Waals surface area contributed by atoms with Gasteiger partial charge in [-0.3, -0.25) is 4.79 Å². The summed E-state index contributed by atoms with van der Waals surface area (Å²) < 4.78 is 5.77. The van der Waals surface area contributed by atoms with Crippen molar-refractivity contribution in [3.05, 3.63) is 77.3 Å². The van der Waals surface area contributed by atoms with Gasteiger partial charge in [-0.05, 0) is 32.1 Å². The van der Waals surface area contributed by atoms with Gasteiger partial charge in [0.2, 0.25) is 5.91 Å². The number of carbonyl (C=O) groups is 1. The van der Waals surface area contributed by atoms with Crippen molar-refractivity contribution in [1.29, 1.82) is 0 Å². The topological polar surface area (TPSA) is 58.4 Å². The predicted octanol–water partition coefficient (Wildman–Crippen LogP) is 3.96. The van der Waals surface area contributed by atoms with Gasteiger partial charge in [0.1, 0.15) is 0 Å². The molecule has 0 radical (unpaired) electrons. The molecule has 3 aromatic rings. The van der Waals surface area contributed by atoms with Crippen LogP contribution in [0.25, 0.3) is 11.3 Å². The van der Waals surface area contributed by atoms with E-state index in [9.17, 15) is 4.79 Å². The van der Waals surface area contributed by atoms with Gasteiger partial charge < -0.3 is 14.6 Å². The third kappa shape index (κ3) is 5.79. The molecule has 0 spiro atoms. The van der Waals surface area contributed by atoms with Crippen molar-refractivity contribution in [3.63, 3.8) is 0 Å². The molecule has 1 heterocycles. The average molecular weight is 377 g/mol. The highest BCUT2D eigenvalue weighted by Gasteiger charge is 2.09. The fourth-order valence-corrected chi connectivity index (χ4v) is 2.91. The minimum Gasteiger partial charge on any atom is -0.441 e. The number of rotatable bonds is 8. The van der Waals surface area contributed by atoms with Crippen LogP contribution in [0.1, 0.15) is 29.0 Å². The number of carbonyl (C=O) groups excluding carboxylic acids is 1. The molecule has 1 amide bonds. The van der Waals surface area contributed by atoms with Gasteiger partial charge >= 0.3 is 0 Å². The van der Waals surface area contributed by atoms with Crippen LogP contribution in [0.5, 0.6) is 0 Å². The Balaban J connectivity index is 1.45. The SMILES string of the molecule is Cc1ccc(-c2cnc(CCC(=O)NCc3ccc(CN(C)C)cc3)o2)cc1. The Bertz CT molecular complexity index is 896. The molecular formula is C23H27N3O2. The van der Waals surface area contributed by atoms with Crippen molar-refractivity contribution < 1.29 is 9.21 Å². The van der Waals surface area contributed by atoms with Crippen molar-refractivity contribution in [2.75, 3.05) is 14.1 Å². The summed E-state index contributed by atoms with van der Waals surface area (Å²) in [5, 5.41) is 2.96. The Morgan fingerprint density at radius 3 is 2.39 bits per heavy atom. The molecule has 1 N–H and O–H groups in total. The van der Waals surface area contributed by atoms with Gasteiger partial charge in [-0.15, -0.1) is 0 Å². The zero-order valence-corrected chi connectivity index (χ0v) is 16.7. The molecule has 0 saturated heterocycles. The lowest BCUT2D eigenvalue weighted by Crippen LogP contribution is -2.23. The van der Waals surface area contributed by atoms with Crippen LogP contribution >= 0.6 is 0 Å². The van der Waals surface area contributed by atoms with Crippen LogP contribution in [0, 0.1) is 6.92 Å². The molecule has 0 bridgehead atoms. The summed E-state index contributed by atoms with van der Waals surface area (Å²) >= 11 is 0. The number of nitrogens with one attached hydrogen (secondary N) is 1. The highest BCUT2D eigenvalue weighted by Crippen LogP contribution is 2.21. The van der Waals surface area contributed by atoms with E-state index < -0.39 is 0 Å². The zero-order valence-electron chi connectivity index (χ0n) is 16.7. The summed E-state index contributed by atoms with van der Waals surface area (Å²) in [7, 11) is 4.09. The van der Waals surface area contributed by atoms with Crippen molar-refractivity contribution in [2.45, 2.75) is 32.9 Å². The minimum atomic E-state index is -0.00699. The summed E-state index contributed by atoms with van der Waals surface area (Å²) in [6.45, 7) is 3.49. The first-order chi connectivity index (χ1) is 13.5. The first-order valence-electron chi connectivity index (χ1n) is 9.50. The van der Waals surface area contributed by atoms with E-state index in [1.807, 2.05) is 45.3 Å². The van der Waals surface area contributed by atoms with E-state index in [0.717, 1.165) is 23.4 Å².